The predicted molar refractivity (Wildman–Crippen MR) is 62.3 cm³/mol. The summed E-state index contributed by atoms with van der Waals surface area (Å²) in [5.41, 5.74) is 0. The third-order valence-electron chi connectivity index (χ3n) is 2.58. The van der Waals surface area contributed by atoms with Crippen LogP contribution in [0.4, 0.5) is 8.78 Å². The molecular weight excluding hydrogens is 256 g/mol. The molecular formula is C13H11F2NO3. The van der Waals surface area contributed by atoms with Crippen molar-refractivity contribution in [3.63, 3.8) is 0 Å². The zero-order valence-corrected chi connectivity index (χ0v) is 9.94. The highest BCUT2D eigenvalue weighted by atomic mass is 19.1. The molecule has 0 radical (unpaired) electrons. The quantitative estimate of drug-likeness (QED) is 0.602. The zero-order chi connectivity index (χ0) is 13.8. The second kappa shape index (κ2) is 5.60. The van der Waals surface area contributed by atoms with Gasteiger partial charge < -0.3 is 4.74 Å². The molecule has 0 atom stereocenters. The van der Waals surface area contributed by atoms with E-state index in [4.69, 9.17) is 4.74 Å². The van der Waals surface area contributed by atoms with Gasteiger partial charge in [-0.1, -0.05) is 0 Å². The standard InChI is InChI=1S/C13H11F2NO3/c14-9-2-3-11(10(15)8-9)19-7-1-6-16-12(17)4-5-13(16)18/h2-5,8H,1,6-7H2. The second-order valence-corrected chi connectivity index (χ2v) is 3.94. The molecule has 0 aliphatic carbocycles. The van der Waals surface area contributed by atoms with Crippen molar-refractivity contribution in [1.29, 1.82) is 0 Å². The maximum absolute atomic E-state index is 13.2. The van der Waals surface area contributed by atoms with E-state index in [1.807, 2.05) is 0 Å². The summed E-state index contributed by atoms with van der Waals surface area (Å²) >= 11 is 0. The fraction of sp³-hybridized carbons (Fsp3) is 0.231. The van der Waals surface area contributed by atoms with Gasteiger partial charge in [-0.3, -0.25) is 14.5 Å². The molecule has 1 aromatic carbocycles. The highest BCUT2D eigenvalue weighted by Crippen LogP contribution is 2.17. The number of ether oxygens (including phenoxy) is 1. The molecule has 0 bridgehead atoms. The summed E-state index contributed by atoms with van der Waals surface area (Å²) in [6, 6.07) is 3.01. The van der Waals surface area contributed by atoms with E-state index >= 15 is 0 Å². The highest BCUT2D eigenvalue weighted by molar-refractivity contribution is 6.12. The molecule has 2 amide bonds. The fourth-order valence-corrected chi connectivity index (χ4v) is 1.65. The van der Waals surface area contributed by atoms with Crippen molar-refractivity contribution in [2.45, 2.75) is 6.42 Å². The Labute approximate surface area is 108 Å². The van der Waals surface area contributed by atoms with E-state index in [0.717, 1.165) is 17.0 Å². The van der Waals surface area contributed by atoms with E-state index in [9.17, 15) is 18.4 Å². The minimum Gasteiger partial charge on any atom is -0.490 e. The smallest absolute Gasteiger partial charge is 0.253 e. The summed E-state index contributed by atoms with van der Waals surface area (Å²) in [5, 5.41) is 0. The zero-order valence-electron chi connectivity index (χ0n) is 9.94. The van der Waals surface area contributed by atoms with Crippen molar-refractivity contribution in [3.8, 4) is 5.75 Å². The summed E-state index contributed by atoms with van der Waals surface area (Å²) in [4.78, 5) is 23.5. The van der Waals surface area contributed by atoms with E-state index in [1.54, 1.807) is 0 Å². The Kier molecular flexibility index (Phi) is 3.89. The maximum atomic E-state index is 13.2. The van der Waals surface area contributed by atoms with Gasteiger partial charge in [0.2, 0.25) is 0 Å². The molecule has 2 rings (SSSR count). The molecule has 19 heavy (non-hydrogen) atoms. The van der Waals surface area contributed by atoms with Crippen molar-refractivity contribution < 1.29 is 23.1 Å². The molecule has 1 aliphatic heterocycles. The highest BCUT2D eigenvalue weighted by Gasteiger charge is 2.22. The number of carbonyl (C=O) groups excluding carboxylic acids is 2. The van der Waals surface area contributed by atoms with Crippen LogP contribution in [0.3, 0.4) is 0 Å². The minimum atomic E-state index is -0.782. The van der Waals surface area contributed by atoms with E-state index in [1.165, 1.54) is 18.2 Å². The van der Waals surface area contributed by atoms with Gasteiger partial charge in [0.15, 0.2) is 11.6 Å². The molecule has 0 spiro atoms. The van der Waals surface area contributed by atoms with Crippen LogP contribution in [0.1, 0.15) is 6.42 Å². The van der Waals surface area contributed by atoms with Crippen LogP contribution in [0.25, 0.3) is 0 Å². The van der Waals surface area contributed by atoms with Gasteiger partial charge in [-0.05, 0) is 18.6 Å². The average Bonchev–Trinajstić information content (AvgIpc) is 2.68. The Hall–Kier alpha value is -2.24. The molecule has 1 aliphatic rings. The minimum absolute atomic E-state index is 0.0569. The largest absolute Gasteiger partial charge is 0.490 e. The van der Waals surface area contributed by atoms with Crippen molar-refractivity contribution in [2.24, 2.45) is 0 Å². The van der Waals surface area contributed by atoms with E-state index in [-0.39, 0.29) is 30.7 Å². The predicted octanol–water partition coefficient (Wildman–Crippen LogP) is 1.66. The Morgan fingerprint density at radius 2 is 1.79 bits per heavy atom. The molecule has 6 heteroatoms. The summed E-state index contributed by atoms with van der Waals surface area (Å²) in [6.07, 6.45) is 2.77. The van der Waals surface area contributed by atoms with Gasteiger partial charge in [0.1, 0.15) is 5.82 Å². The summed E-state index contributed by atoms with van der Waals surface area (Å²) in [7, 11) is 0. The number of benzene rings is 1. The number of carbonyl (C=O) groups is 2. The van der Waals surface area contributed by atoms with Crippen molar-refractivity contribution in [2.75, 3.05) is 13.2 Å². The molecule has 0 saturated carbocycles. The number of hydrogen-bond acceptors (Lipinski definition) is 3. The molecule has 1 heterocycles. The van der Waals surface area contributed by atoms with Gasteiger partial charge in [0, 0.05) is 24.8 Å². The number of halogens is 2. The lowest BCUT2D eigenvalue weighted by Gasteiger charge is -2.13. The number of nitrogens with zero attached hydrogens (tertiary/aromatic N) is 1. The van der Waals surface area contributed by atoms with Gasteiger partial charge in [0.05, 0.1) is 6.61 Å². The normalized spacial score (nSPS) is 14.3. The summed E-state index contributed by atoms with van der Waals surface area (Å²) in [6.45, 7) is 0.326. The van der Waals surface area contributed by atoms with Crippen LogP contribution >= 0.6 is 0 Å². The Morgan fingerprint density at radius 3 is 2.42 bits per heavy atom. The van der Waals surface area contributed by atoms with Gasteiger partial charge in [-0.2, -0.15) is 0 Å². The summed E-state index contributed by atoms with van der Waals surface area (Å²) < 4.78 is 31.0. The first-order valence-electron chi connectivity index (χ1n) is 5.69. The SMILES string of the molecule is O=C1C=CC(=O)N1CCCOc1ccc(F)cc1F. The van der Waals surface area contributed by atoms with Crippen molar-refractivity contribution in [3.05, 3.63) is 42.0 Å². The number of rotatable bonds is 5. The molecule has 0 N–H and O–H groups in total. The Morgan fingerprint density at radius 1 is 1.11 bits per heavy atom. The van der Waals surface area contributed by atoms with Crippen LogP contribution < -0.4 is 4.74 Å². The molecule has 0 fully saturated rings. The van der Waals surface area contributed by atoms with Crippen LogP contribution in [-0.2, 0) is 9.59 Å². The van der Waals surface area contributed by atoms with Gasteiger partial charge >= 0.3 is 0 Å². The van der Waals surface area contributed by atoms with Crippen molar-refractivity contribution in [1.82, 2.24) is 4.90 Å². The van der Waals surface area contributed by atoms with Crippen LogP contribution in [-0.4, -0.2) is 29.9 Å². The molecule has 0 aromatic heterocycles. The van der Waals surface area contributed by atoms with Gasteiger partial charge in [-0.25, -0.2) is 8.78 Å². The van der Waals surface area contributed by atoms with Gasteiger partial charge in [-0.15, -0.1) is 0 Å². The maximum Gasteiger partial charge on any atom is 0.253 e. The lowest BCUT2D eigenvalue weighted by molar-refractivity contribution is -0.136. The third-order valence-corrected chi connectivity index (χ3v) is 2.58. The van der Waals surface area contributed by atoms with Gasteiger partial charge in [0.25, 0.3) is 11.8 Å². The van der Waals surface area contributed by atoms with Crippen LogP contribution in [0.5, 0.6) is 5.75 Å². The van der Waals surface area contributed by atoms with E-state index in [0.29, 0.717) is 6.42 Å². The topological polar surface area (TPSA) is 46.6 Å². The fourth-order valence-electron chi connectivity index (χ4n) is 1.65. The van der Waals surface area contributed by atoms with E-state index in [2.05, 4.69) is 0 Å². The van der Waals surface area contributed by atoms with Crippen LogP contribution in [0.2, 0.25) is 0 Å². The molecule has 0 unspecified atom stereocenters. The van der Waals surface area contributed by atoms with Crippen LogP contribution in [0, 0.1) is 11.6 Å². The van der Waals surface area contributed by atoms with Crippen molar-refractivity contribution >= 4 is 11.8 Å². The number of imide groups is 1. The third kappa shape index (κ3) is 3.15. The molecule has 100 valence electrons. The Balaban J connectivity index is 1.78. The lowest BCUT2D eigenvalue weighted by atomic mass is 10.3. The number of hydrogen-bond donors (Lipinski definition) is 0. The molecule has 1 aromatic rings. The first-order chi connectivity index (χ1) is 9.08. The Bertz CT molecular complexity index is 525. The molecule has 0 saturated heterocycles. The first kappa shape index (κ1) is 13.2. The van der Waals surface area contributed by atoms with E-state index < -0.39 is 11.6 Å². The monoisotopic (exact) mass is 267 g/mol. The average molecular weight is 267 g/mol. The second-order valence-electron chi connectivity index (χ2n) is 3.94. The molecule has 4 nitrogen and oxygen atoms in total. The lowest BCUT2D eigenvalue weighted by Crippen LogP contribution is -2.31. The first-order valence-corrected chi connectivity index (χ1v) is 5.69. The summed E-state index contributed by atoms with van der Waals surface area (Å²) in [5.74, 6) is -2.24. The van der Waals surface area contributed by atoms with Crippen LogP contribution in [0.15, 0.2) is 30.4 Å². The number of amides is 2.